The molecule has 0 saturated carbocycles. The fourth-order valence-corrected chi connectivity index (χ4v) is 5.87. The van der Waals surface area contributed by atoms with Crippen LogP contribution in [0.25, 0.3) is 53.0 Å². The van der Waals surface area contributed by atoms with Gasteiger partial charge in [0.1, 0.15) is 9.66 Å². The second-order valence-corrected chi connectivity index (χ2v) is 7.85. The van der Waals surface area contributed by atoms with Gasteiger partial charge in [0.15, 0.2) is 0 Å². The second kappa shape index (κ2) is 3.50. The molecular weight excluding hydrogens is 316 g/mol. The van der Waals surface area contributed by atoms with Gasteiger partial charge in [0.05, 0.1) is 11.0 Å². The first-order valence-electron chi connectivity index (χ1n) is 6.67. The summed E-state index contributed by atoms with van der Waals surface area (Å²) in [6, 6.07) is 4.46. The number of nitrogens with one attached hydrogen (secondary N) is 2. The molecule has 0 aliphatic carbocycles. The number of rotatable bonds is 0. The van der Waals surface area contributed by atoms with E-state index in [0.29, 0.717) is 0 Å². The van der Waals surface area contributed by atoms with E-state index >= 15 is 0 Å². The van der Waals surface area contributed by atoms with Gasteiger partial charge in [0, 0.05) is 32.3 Å². The lowest BCUT2D eigenvalue weighted by molar-refractivity contribution is 1.55. The number of hydrogen-bond donors (Lipinski definition) is 2. The molecule has 6 rings (SSSR count). The van der Waals surface area contributed by atoms with Gasteiger partial charge in [-0.05, 0) is 33.7 Å². The zero-order chi connectivity index (χ0) is 13.6. The van der Waals surface area contributed by atoms with E-state index in [1.807, 2.05) is 0 Å². The van der Waals surface area contributed by atoms with Crippen molar-refractivity contribution in [1.29, 1.82) is 0 Å². The molecule has 5 heteroatoms. The van der Waals surface area contributed by atoms with E-state index in [9.17, 15) is 0 Å². The molecule has 5 heterocycles. The monoisotopic (exact) mass is 324 g/mol. The highest BCUT2D eigenvalue weighted by atomic mass is 32.1. The standard InChI is InChI=1S/C16H8N2S3/c1-3-20-15-7(1)11-9-5-19-6-10(9)12-8-2-4-21-16(8)18-14(12)13(11)17-15/h1-6,17-18H. The highest BCUT2D eigenvalue weighted by molar-refractivity contribution is 7.17. The molecule has 0 aliphatic rings. The Hall–Kier alpha value is -1.82. The summed E-state index contributed by atoms with van der Waals surface area (Å²) >= 11 is 5.35. The lowest BCUT2D eigenvalue weighted by Crippen LogP contribution is -1.76. The Morgan fingerprint density at radius 3 is 1.71 bits per heavy atom. The molecule has 2 N–H and O–H groups in total. The lowest BCUT2D eigenvalue weighted by atomic mass is 10.0. The number of thiophene rings is 3. The molecule has 6 aromatic rings. The third-order valence-electron chi connectivity index (χ3n) is 4.30. The average molecular weight is 324 g/mol. The Balaban J connectivity index is 2.12. The highest BCUT2D eigenvalue weighted by Crippen LogP contribution is 2.44. The van der Waals surface area contributed by atoms with Crippen LogP contribution >= 0.6 is 34.0 Å². The van der Waals surface area contributed by atoms with Crippen molar-refractivity contribution >= 4 is 87.0 Å². The maximum absolute atomic E-state index is 3.63. The van der Waals surface area contributed by atoms with Gasteiger partial charge >= 0.3 is 0 Å². The molecule has 0 aliphatic heterocycles. The van der Waals surface area contributed by atoms with Gasteiger partial charge in [0.25, 0.3) is 0 Å². The first-order chi connectivity index (χ1) is 10.4. The van der Waals surface area contributed by atoms with Crippen LogP contribution in [0.15, 0.2) is 33.7 Å². The van der Waals surface area contributed by atoms with Crippen molar-refractivity contribution in [2.24, 2.45) is 0 Å². The first-order valence-corrected chi connectivity index (χ1v) is 9.37. The largest absolute Gasteiger partial charge is 0.344 e. The quantitative estimate of drug-likeness (QED) is 0.329. The van der Waals surface area contributed by atoms with Crippen LogP contribution in [0.5, 0.6) is 0 Å². The molecule has 0 saturated heterocycles. The second-order valence-electron chi connectivity index (χ2n) is 5.28. The van der Waals surface area contributed by atoms with Gasteiger partial charge in [-0.2, -0.15) is 11.3 Å². The van der Waals surface area contributed by atoms with Gasteiger partial charge in [-0.3, -0.25) is 0 Å². The van der Waals surface area contributed by atoms with E-state index in [-0.39, 0.29) is 0 Å². The van der Waals surface area contributed by atoms with E-state index in [0.717, 1.165) is 0 Å². The number of aromatic amines is 2. The smallest absolute Gasteiger partial charge is 0.101 e. The van der Waals surface area contributed by atoms with Gasteiger partial charge in [-0.25, -0.2) is 0 Å². The summed E-state index contributed by atoms with van der Waals surface area (Å²) in [5, 5.41) is 17.1. The molecule has 0 unspecified atom stereocenters. The van der Waals surface area contributed by atoms with Gasteiger partial charge < -0.3 is 9.97 Å². The average Bonchev–Trinajstić information content (AvgIpc) is 3.22. The molecule has 100 valence electrons. The predicted molar refractivity (Wildman–Crippen MR) is 96.3 cm³/mol. The van der Waals surface area contributed by atoms with Crippen LogP contribution in [0.4, 0.5) is 0 Å². The first kappa shape index (κ1) is 10.8. The Labute approximate surface area is 130 Å². The zero-order valence-corrected chi connectivity index (χ0v) is 13.1. The molecular formula is C16H8N2S3. The Kier molecular flexibility index (Phi) is 1.80. The summed E-state index contributed by atoms with van der Waals surface area (Å²) < 4.78 is 0. The number of hydrogen-bond acceptors (Lipinski definition) is 3. The molecule has 21 heavy (non-hydrogen) atoms. The van der Waals surface area contributed by atoms with Gasteiger partial charge in [-0.15, -0.1) is 22.7 Å². The summed E-state index contributed by atoms with van der Waals surface area (Å²) in [5.74, 6) is 0. The van der Waals surface area contributed by atoms with E-state index < -0.39 is 0 Å². The van der Waals surface area contributed by atoms with E-state index in [2.05, 4.69) is 43.6 Å². The third-order valence-corrected chi connectivity index (χ3v) is 6.70. The van der Waals surface area contributed by atoms with Gasteiger partial charge in [-0.1, -0.05) is 0 Å². The van der Waals surface area contributed by atoms with Crippen LogP contribution in [0.2, 0.25) is 0 Å². The predicted octanol–water partition coefficient (Wildman–Crippen LogP) is 6.29. The van der Waals surface area contributed by atoms with Crippen LogP contribution in [0, 0.1) is 0 Å². The van der Waals surface area contributed by atoms with Crippen LogP contribution in [-0.2, 0) is 0 Å². The summed E-state index contributed by atoms with van der Waals surface area (Å²) in [6.07, 6.45) is 0. The van der Waals surface area contributed by atoms with Crippen LogP contribution in [0.3, 0.4) is 0 Å². The highest BCUT2D eigenvalue weighted by Gasteiger charge is 2.18. The normalized spacial score (nSPS) is 12.8. The summed E-state index contributed by atoms with van der Waals surface area (Å²) in [4.78, 5) is 9.79. The minimum absolute atomic E-state index is 1.25. The molecule has 0 bridgehead atoms. The SMILES string of the molecule is c1cc2c([nH]c3c4[nH]c5sccc5c4c4cscc4c23)s1. The zero-order valence-electron chi connectivity index (χ0n) is 10.7. The van der Waals surface area contributed by atoms with Crippen LogP contribution in [-0.4, -0.2) is 9.97 Å². The maximum Gasteiger partial charge on any atom is 0.101 e. The van der Waals surface area contributed by atoms with Crippen molar-refractivity contribution in [1.82, 2.24) is 9.97 Å². The molecule has 0 amide bonds. The summed E-state index contributed by atoms with van der Waals surface area (Å²) in [7, 11) is 0. The topological polar surface area (TPSA) is 31.6 Å². The van der Waals surface area contributed by atoms with Crippen molar-refractivity contribution in [3.05, 3.63) is 33.7 Å². The molecule has 0 radical (unpaired) electrons. The van der Waals surface area contributed by atoms with E-state index in [1.165, 1.54) is 53.0 Å². The van der Waals surface area contributed by atoms with Crippen molar-refractivity contribution in [2.75, 3.05) is 0 Å². The van der Waals surface area contributed by atoms with Crippen molar-refractivity contribution in [3.63, 3.8) is 0 Å². The number of H-pyrrole nitrogens is 2. The number of benzene rings is 1. The minimum Gasteiger partial charge on any atom is -0.344 e. The number of fused-ring (bicyclic) bond motifs is 10. The van der Waals surface area contributed by atoms with Crippen LogP contribution in [0.1, 0.15) is 0 Å². The fraction of sp³-hybridized carbons (Fsp3) is 0. The van der Waals surface area contributed by atoms with E-state index in [4.69, 9.17) is 0 Å². The molecule has 0 spiro atoms. The molecule has 2 nitrogen and oxygen atoms in total. The Bertz CT molecular complexity index is 1190. The van der Waals surface area contributed by atoms with Crippen molar-refractivity contribution < 1.29 is 0 Å². The summed E-state index contributed by atoms with van der Waals surface area (Å²) in [5.41, 5.74) is 2.50. The maximum atomic E-state index is 3.63. The Morgan fingerprint density at radius 2 is 1.19 bits per heavy atom. The van der Waals surface area contributed by atoms with Crippen molar-refractivity contribution in [3.8, 4) is 0 Å². The molecule has 0 fully saturated rings. The van der Waals surface area contributed by atoms with E-state index in [1.54, 1.807) is 34.0 Å². The van der Waals surface area contributed by atoms with Gasteiger partial charge in [0.2, 0.25) is 0 Å². The number of aromatic nitrogens is 2. The lowest BCUT2D eigenvalue weighted by Gasteiger charge is -1.99. The van der Waals surface area contributed by atoms with Crippen LogP contribution < -0.4 is 0 Å². The Morgan fingerprint density at radius 1 is 0.667 bits per heavy atom. The molecule has 1 aromatic carbocycles. The van der Waals surface area contributed by atoms with Crippen molar-refractivity contribution in [2.45, 2.75) is 0 Å². The minimum atomic E-state index is 1.25. The fourth-order valence-electron chi connectivity index (χ4n) is 3.45. The summed E-state index contributed by atoms with van der Waals surface area (Å²) in [6.45, 7) is 0. The third kappa shape index (κ3) is 1.16. The molecule has 5 aromatic heterocycles. The molecule has 0 atom stereocenters.